The van der Waals surface area contributed by atoms with Gasteiger partial charge in [0.1, 0.15) is 6.54 Å². The van der Waals surface area contributed by atoms with Crippen LogP contribution in [0.2, 0.25) is 0 Å². The number of quaternary nitrogens is 1. The first-order valence-corrected chi connectivity index (χ1v) is 8.65. The van der Waals surface area contributed by atoms with E-state index in [4.69, 9.17) is 0 Å². The van der Waals surface area contributed by atoms with Crippen LogP contribution in [-0.2, 0) is 6.54 Å². The van der Waals surface area contributed by atoms with Crippen molar-refractivity contribution in [2.75, 3.05) is 13.1 Å². The Hall–Kier alpha value is -2.12. The van der Waals surface area contributed by atoms with Gasteiger partial charge in [0.05, 0.1) is 19.4 Å². The van der Waals surface area contributed by atoms with Gasteiger partial charge < -0.3 is 4.90 Å². The monoisotopic (exact) mass is 328 g/mol. The second-order valence-corrected chi connectivity index (χ2v) is 6.76. The molecule has 0 radical (unpaired) electrons. The van der Waals surface area contributed by atoms with Gasteiger partial charge in [0, 0.05) is 36.0 Å². The van der Waals surface area contributed by atoms with Crippen LogP contribution in [0, 0.1) is 0 Å². The first kappa shape index (κ1) is 14.5. The molecule has 2 aromatic heterocycles. The Balaban J connectivity index is 1.46. The number of fused-ring (bicyclic) bond motifs is 1. The summed E-state index contributed by atoms with van der Waals surface area (Å²) in [6.07, 6.45) is 3.65. The minimum atomic E-state index is -0.0553. The van der Waals surface area contributed by atoms with E-state index < -0.39 is 0 Å². The summed E-state index contributed by atoms with van der Waals surface area (Å²) in [6, 6.07) is 10.8. The van der Waals surface area contributed by atoms with Gasteiger partial charge in [0.25, 0.3) is 5.56 Å². The number of hydrogen-bond donors (Lipinski definition) is 1. The van der Waals surface area contributed by atoms with Gasteiger partial charge in [-0.15, -0.1) is 5.10 Å². The van der Waals surface area contributed by atoms with Crippen LogP contribution in [-0.4, -0.2) is 32.2 Å². The van der Waals surface area contributed by atoms with E-state index in [1.807, 2.05) is 6.07 Å². The molecule has 6 nitrogen and oxygen atoms in total. The largest absolute Gasteiger partial charge is 0.331 e. The summed E-state index contributed by atoms with van der Waals surface area (Å²) >= 11 is 1.17. The molecule has 118 valence electrons. The molecule has 3 aromatic rings. The Morgan fingerprint density at radius 3 is 2.78 bits per heavy atom. The van der Waals surface area contributed by atoms with E-state index >= 15 is 0 Å². The minimum absolute atomic E-state index is 0.0553. The summed E-state index contributed by atoms with van der Waals surface area (Å²) in [5, 5.41) is 3.91. The molecule has 1 aliphatic heterocycles. The zero-order chi connectivity index (χ0) is 15.6. The maximum absolute atomic E-state index is 12.5. The molecular weight excluding hydrogens is 310 g/mol. The van der Waals surface area contributed by atoms with Crippen molar-refractivity contribution >= 4 is 21.9 Å². The molecule has 0 bridgehead atoms. The van der Waals surface area contributed by atoms with E-state index in [1.54, 1.807) is 15.8 Å². The number of aromatic nitrogens is 4. The van der Waals surface area contributed by atoms with Crippen molar-refractivity contribution in [3.05, 3.63) is 52.6 Å². The van der Waals surface area contributed by atoms with E-state index in [9.17, 15) is 4.79 Å². The number of rotatable bonds is 3. The smallest absolute Gasteiger partial charge is 0.283 e. The third kappa shape index (κ3) is 2.89. The van der Waals surface area contributed by atoms with Gasteiger partial charge in [-0.05, 0) is 0 Å². The molecule has 1 aromatic carbocycles. The van der Waals surface area contributed by atoms with Crippen molar-refractivity contribution < 1.29 is 4.90 Å². The van der Waals surface area contributed by atoms with Gasteiger partial charge in [-0.3, -0.25) is 9.36 Å². The number of benzene rings is 1. The van der Waals surface area contributed by atoms with Crippen LogP contribution in [0.5, 0.6) is 0 Å². The van der Waals surface area contributed by atoms with E-state index in [0.29, 0.717) is 10.3 Å². The number of nitrogens with zero attached hydrogens (tertiary/aromatic N) is 4. The number of likely N-dealkylation sites (tertiary alicyclic amines) is 1. The maximum atomic E-state index is 12.5. The summed E-state index contributed by atoms with van der Waals surface area (Å²) in [5.74, 6) is 0. The van der Waals surface area contributed by atoms with Crippen LogP contribution >= 0.6 is 11.5 Å². The average Bonchev–Trinajstić information content (AvgIpc) is 3.07. The van der Waals surface area contributed by atoms with Gasteiger partial charge in [-0.2, -0.15) is 0 Å². The predicted octanol–water partition coefficient (Wildman–Crippen LogP) is 0.668. The normalized spacial score (nSPS) is 21.6. The fourth-order valence-electron chi connectivity index (χ4n) is 3.30. The second kappa shape index (κ2) is 6.17. The zero-order valence-electron chi connectivity index (χ0n) is 12.7. The summed E-state index contributed by atoms with van der Waals surface area (Å²) in [6.45, 7) is 3.19. The van der Waals surface area contributed by atoms with Crippen molar-refractivity contribution in [2.45, 2.75) is 25.4 Å². The minimum Gasteiger partial charge on any atom is -0.331 e. The molecule has 0 spiro atoms. The molecule has 0 saturated carbocycles. The Morgan fingerprint density at radius 1 is 1.22 bits per heavy atom. The molecule has 0 unspecified atom stereocenters. The van der Waals surface area contributed by atoms with E-state index in [1.165, 1.54) is 17.1 Å². The molecule has 0 amide bonds. The van der Waals surface area contributed by atoms with Crippen molar-refractivity contribution in [1.82, 2.24) is 19.1 Å². The number of nitrogens with one attached hydrogen (secondary N) is 1. The fraction of sp³-hybridized carbons (Fsp3) is 0.375. The highest BCUT2D eigenvalue weighted by Crippen LogP contribution is 2.16. The van der Waals surface area contributed by atoms with Crippen LogP contribution in [0.1, 0.15) is 24.4 Å². The predicted molar refractivity (Wildman–Crippen MR) is 88.6 cm³/mol. The van der Waals surface area contributed by atoms with Crippen LogP contribution in [0.4, 0.5) is 0 Å². The fourth-order valence-corrected chi connectivity index (χ4v) is 3.81. The summed E-state index contributed by atoms with van der Waals surface area (Å²) in [7, 11) is 0. The summed E-state index contributed by atoms with van der Waals surface area (Å²) in [5.41, 5.74) is 1.71. The van der Waals surface area contributed by atoms with Gasteiger partial charge in [-0.25, -0.2) is 4.98 Å². The Labute approximate surface area is 137 Å². The number of hydrogen-bond acceptors (Lipinski definition) is 5. The molecule has 0 atom stereocenters. The first-order valence-electron chi connectivity index (χ1n) is 7.88. The number of piperidine rings is 1. The highest BCUT2D eigenvalue weighted by Gasteiger charge is 2.25. The summed E-state index contributed by atoms with van der Waals surface area (Å²) in [4.78, 5) is 19.0. The topological polar surface area (TPSA) is 65.1 Å². The Kier molecular flexibility index (Phi) is 3.88. The second-order valence-electron chi connectivity index (χ2n) is 6.03. The Bertz CT molecular complexity index is 852. The third-order valence-electron chi connectivity index (χ3n) is 4.56. The molecule has 1 saturated heterocycles. The van der Waals surface area contributed by atoms with E-state index in [2.05, 4.69) is 38.8 Å². The lowest BCUT2D eigenvalue weighted by molar-refractivity contribution is -0.919. The summed E-state index contributed by atoms with van der Waals surface area (Å²) < 4.78 is 5.57. The van der Waals surface area contributed by atoms with E-state index in [0.717, 1.165) is 32.5 Å². The lowest BCUT2D eigenvalue weighted by atomic mass is 10.0. The Morgan fingerprint density at radius 2 is 2.00 bits per heavy atom. The molecule has 3 heterocycles. The van der Waals surface area contributed by atoms with Crippen molar-refractivity contribution in [3.63, 3.8) is 0 Å². The third-order valence-corrected chi connectivity index (χ3v) is 5.19. The van der Waals surface area contributed by atoms with Crippen LogP contribution in [0.15, 0.2) is 41.5 Å². The zero-order valence-corrected chi connectivity index (χ0v) is 13.5. The maximum Gasteiger partial charge on any atom is 0.283 e. The lowest BCUT2D eigenvalue weighted by Crippen LogP contribution is -3.11. The molecule has 0 aliphatic carbocycles. The van der Waals surface area contributed by atoms with Crippen molar-refractivity contribution in [3.8, 4) is 0 Å². The molecule has 1 aliphatic rings. The van der Waals surface area contributed by atoms with Crippen molar-refractivity contribution in [2.24, 2.45) is 0 Å². The molecule has 1 N–H and O–H groups in total. The van der Waals surface area contributed by atoms with Gasteiger partial charge >= 0.3 is 0 Å². The van der Waals surface area contributed by atoms with Crippen molar-refractivity contribution in [1.29, 1.82) is 0 Å². The van der Waals surface area contributed by atoms with Crippen LogP contribution < -0.4 is 10.5 Å². The molecule has 7 heteroatoms. The SMILES string of the molecule is O=c1c2nnsc2ncn1C1CC[NH+](Cc2ccccc2)CC1. The highest BCUT2D eigenvalue weighted by molar-refractivity contribution is 7.12. The standard InChI is InChI=1S/C16H17N5OS/c22-16-14-15(23-19-18-14)17-11-21(16)13-6-8-20(9-7-13)10-12-4-2-1-3-5-12/h1-5,11,13H,6-10H2/p+1. The average molecular weight is 328 g/mol. The molecular formula is C16H18N5OS+. The molecule has 1 fully saturated rings. The lowest BCUT2D eigenvalue weighted by Gasteiger charge is -2.30. The van der Waals surface area contributed by atoms with Crippen LogP contribution in [0.3, 0.4) is 0 Å². The van der Waals surface area contributed by atoms with Crippen LogP contribution in [0.25, 0.3) is 10.3 Å². The van der Waals surface area contributed by atoms with Gasteiger partial charge in [-0.1, -0.05) is 34.8 Å². The van der Waals surface area contributed by atoms with Gasteiger partial charge in [0.2, 0.25) is 0 Å². The molecule has 4 rings (SSSR count). The first-order chi connectivity index (χ1) is 11.3. The van der Waals surface area contributed by atoms with E-state index in [-0.39, 0.29) is 11.6 Å². The molecule has 23 heavy (non-hydrogen) atoms. The highest BCUT2D eigenvalue weighted by atomic mass is 32.1. The quantitative estimate of drug-likeness (QED) is 0.767. The van der Waals surface area contributed by atoms with Gasteiger partial charge in [0.15, 0.2) is 10.3 Å².